The summed E-state index contributed by atoms with van der Waals surface area (Å²) in [6.07, 6.45) is 11.7. The maximum absolute atomic E-state index is 12.6. The van der Waals surface area contributed by atoms with E-state index in [1.807, 2.05) is 0 Å². The molecule has 0 aromatic heterocycles. The summed E-state index contributed by atoms with van der Waals surface area (Å²) in [6.45, 7) is 26.7. The molecule has 0 heterocycles. The van der Waals surface area contributed by atoms with Crippen molar-refractivity contribution in [2.24, 2.45) is 0 Å². The van der Waals surface area contributed by atoms with Gasteiger partial charge in [-0.15, -0.1) is 0 Å². The second kappa shape index (κ2) is 24.5. The van der Waals surface area contributed by atoms with Crippen molar-refractivity contribution >= 4 is 48.5 Å². The molecule has 0 radical (unpaired) electrons. The second-order valence-corrected chi connectivity index (χ2v) is 32.7. The monoisotopic (exact) mass is 736 g/mol. The van der Waals surface area contributed by atoms with E-state index in [-0.39, 0.29) is 5.97 Å². The molecule has 276 valence electrons. The molecule has 0 aliphatic rings. The van der Waals surface area contributed by atoms with Crippen LogP contribution in [0.25, 0.3) is 0 Å². The fourth-order valence-electron chi connectivity index (χ4n) is 8.02. The molecule has 0 atom stereocenters. The van der Waals surface area contributed by atoms with E-state index in [4.69, 9.17) is 20.9 Å². The summed E-state index contributed by atoms with van der Waals surface area (Å²) in [5, 5.41) is 0. The van der Waals surface area contributed by atoms with E-state index in [9.17, 15) is 4.79 Å². The van der Waals surface area contributed by atoms with Crippen molar-refractivity contribution < 1.29 is 25.7 Å². The van der Waals surface area contributed by atoms with Gasteiger partial charge in [0.05, 0.1) is 0 Å². The lowest BCUT2D eigenvalue weighted by Gasteiger charge is -2.50. The highest BCUT2D eigenvalue weighted by Gasteiger charge is 2.57. The Morgan fingerprint density at radius 2 is 0.565 bits per heavy atom. The van der Waals surface area contributed by atoms with Crippen molar-refractivity contribution in [2.75, 3.05) is 0 Å². The Morgan fingerprint density at radius 1 is 0.348 bits per heavy atom. The molecule has 0 aromatic carbocycles. The van der Waals surface area contributed by atoms with Gasteiger partial charge in [-0.1, -0.05) is 147 Å². The van der Waals surface area contributed by atoms with Gasteiger partial charge in [0.25, 0.3) is 5.97 Å². The molecule has 0 unspecified atom stereocenters. The van der Waals surface area contributed by atoms with Crippen LogP contribution in [0.3, 0.4) is 0 Å². The Hall–Kier alpha value is 0.394. The average Bonchev–Trinajstić information content (AvgIpc) is 2.94. The van der Waals surface area contributed by atoms with Crippen LogP contribution in [0, 0.1) is 0 Å². The van der Waals surface area contributed by atoms with Crippen molar-refractivity contribution in [3.05, 3.63) is 0 Å². The Bertz CT molecular complexity index is 746. The number of carbonyl (C=O) groups is 1. The number of hydrogen-bond donors (Lipinski definition) is 0. The molecule has 0 amide bonds. The third kappa shape index (κ3) is 15.5. The molecule has 0 aliphatic carbocycles. The third-order valence-electron chi connectivity index (χ3n) is 9.01. The van der Waals surface area contributed by atoms with Crippen molar-refractivity contribution in [1.82, 2.24) is 0 Å². The Kier molecular flexibility index (Phi) is 24.7. The van der Waals surface area contributed by atoms with E-state index in [0.29, 0.717) is 0 Å². The molecular formula is C35H80O6Si5. The smallest absolute Gasteiger partial charge is 0.392 e. The van der Waals surface area contributed by atoms with Crippen LogP contribution in [0.15, 0.2) is 0 Å². The van der Waals surface area contributed by atoms with Gasteiger partial charge in [-0.05, 0) is 54.4 Å². The first-order valence-corrected chi connectivity index (χ1v) is 31.4. The zero-order valence-electron chi connectivity index (χ0n) is 33.0. The molecule has 0 saturated carbocycles. The summed E-state index contributed by atoms with van der Waals surface area (Å²) in [7, 11) is -13.1. The predicted octanol–water partition coefficient (Wildman–Crippen LogP) is 12.8. The summed E-state index contributed by atoms with van der Waals surface area (Å²) in [4.78, 5) is 12.6. The Labute approximate surface area is 293 Å². The number of rotatable bonds is 31. The van der Waals surface area contributed by atoms with Crippen molar-refractivity contribution in [3.8, 4) is 0 Å². The standard InChI is InChI=1S/C35H80O6Si5/c1-13-24-42(25-14-2,26-15-3)38-44(29-18-6,30-19-7)40-46(33-22-10,34-23-11)41-45(31-20-8,32-21-9)39-43(27-16-4,28-17-5)37-35(12)36/h13-34H2,1-12H3. The average molecular weight is 737 g/mol. The van der Waals surface area contributed by atoms with E-state index in [0.717, 1.165) is 99.7 Å². The van der Waals surface area contributed by atoms with Crippen molar-refractivity contribution in [1.29, 1.82) is 0 Å². The van der Waals surface area contributed by atoms with Crippen molar-refractivity contribution in [3.63, 3.8) is 0 Å². The normalized spacial score (nSPS) is 13.4. The third-order valence-corrected chi connectivity index (χ3v) is 36.1. The maximum atomic E-state index is 12.6. The van der Waals surface area contributed by atoms with Gasteiger partial charge >= 0.3 is 34.2 Å². The van der Waals surface area contributed by atoms with Gasteiger partial charge in [0.1, 0.15) is 0 Å². The molecular weight excluding hydrogens is 657 g/mol. The lowest BCUT2D eigenvalue weighted by molar-refractivity contribution is -0.133. The summed E-state index contributed by atoms with van der Waals surface area (Å²) < 4.78 is 37.6. The molecule has 0 rings (SSSR count). The van der Waals surface area contributed by atoms with Crippen LogP contribution in [0.5, 0.6) is 0 Å². The lowest BCUT2D eigenvalue weighted by atomic mass is 10.6. The van der Waals surface area contributed by atoms with Crippen LogP contribution in [-0.2, 0) is 25.7 Å². The minimum Gasteiger partial charge on any atom is -0.495 e. The van der Waals surface area contributed by atoms with Gasteiger partial charge in [0.15, 0.2) is 8.32 Å². The van der Waals surface area contributed by atoms with Crippen LogP contribution in [-0.4, -0.2) is 48.5 Å². The predicted molar refractivity (Wildman–Crippen MR) is 211 cm³/mol. The van der Waals surface area contributed by atoms with Crippen LogP contribution in [0.2, 0.25) is 66.5 Å². The van der Waals surface area contributed by atoms with Gasteiger partial charge < -0.3 is 20.9 Å². The molecule has 0 saturated heterocycles. The number of hydrogen-bond acceptors (Lipinski definition) is 6. The summed E-state index contributed by atoms with van der Waals surface area (Å²) in [5.41, 5.74) is 0. The highest BCUT2D eigenvalue weighted by Crippen LogP contribution is 2.42. The molecule has 6 nitrogen and oxygen atoms in total. The molecule has 0 N–H and O–H groups in total. The van der Waals surface area contributed by atoms with Crippen LogP contribution in [0.4, 0.5) is 0 Å². The van der Waals surface area contributed by atoms with E-state index >= 15 is 0 Å². The molecule has 46 heavy (non-hydrogen) atoms. The molecule has 0 aliphatic heterocycles. The first-order chi connectivity index (χ1) is 21.9. The quantitative estimate of drug-likeness (QED) is 0.0660. The lowest BCUT2D eigenvalue weighted by Crippen LogP contribution is -2.65. The molecule has 11 heteroatoms. The van der Waals surface area contributed by atoms with Crippen molar-refractivity contribution in [2.45, 2.75) is 220 Å². The zero-order valence-corrected chi connectivity index (χ0v) is 38.0. The van der Waals surface area contributed by atoms with Gasteiger partial charge in [-0.25, -0.2) is 0 Å². The number of carbonyl (C=O) groups excluding carboxylic acids is 1. The van der Waals surface area contributed by atoms with E-state index in [1.165, 1.54) is 37.4 Å². The minimum atomic E-state index is -2.83. The summed E-state index contributed by atoms with van der Waals surface area (Å²) >= 11 is 0. The van der Waals surface area contributed by atoms with Gasteiger partial charge in [0.2, 0.25) is 0 Å². The summed E-state index contributed by atoms with van der Waals surface area (Å²) in [5.74, 6) is -0.207. The van der Waals surface area contributed by atoms with Crippen LogP contribution < -0.4 is 0 Å². The zero-order chi connectivity index (χ0) is 35.2. The SMILES string of the molecule is CCC[Si](CCC)(CCC)O[Si](CCC)(CCC)O[Si](CCC)(CCC)O[Si](CCC)(CCC)O[Si](CCC)(CCC)OC(C)=O. The molecule has 0 aromatic rings. The highest BCUT2D eigenvalue weighted by molar-refractivity contribution is 6.92. The first-order valence-electron chi connectivity index (χ1n) is 19.9. The maximum Gasteiger partial charge on any atom is 0.392 e. The minimum absolute atomic E-state index is 0.207. The fourth-order valence-corrected chi connectivity index (χ4v) is 39.3. The molecule has 0 fully saturated rings. The topological polar surface area (TPSA) is 63.2 Å². The molecule has 0 spiro atoms. The highest BCUT2D eigenvalue weighted by atomic mass is 28.5. The van der Waals surface area contributed by atoms with Crippen LogP contribution in [0.1, 0.15) is 154 Å². The Morgan fingerprint density at radius 3 is 0.804 bits per heavy atom. The van der Waals surface area contributed by atoms with Crippen LogP contribution >= 0.6 is 0 Å². The van der Waals surface area contributed by atoms with Gasteiger partial charge in [-0.3, -0.25) is 4.79 Å². The molecule has 0 bridgehead atoms. The van der Waals surface area contributed by atoms with Gasteiger partial charge in [0, 0.05) is 19.0 Å². The summed E-state index contributed by atoms with van der Waals surface area (Å²) in [6, 6.07) is 11.3. The van der Waals surface area contributed by atoms with E-state index < -0.39 is 42.6 Å². The van der Waals surface area contributed by atoms with Gasteiger partial charge in [-0.2, -0.15) is 0 Å². The Balaban J connectivity index is 7.46. The van der Waals surface area contributed by atoms with E-state index in [1.54, 1.807) is 6.92 Å². The first kappa shape index (κ1) is 46.4. The second-order valence-electron chi connectivity index (χ2n) is 14.1. The van der Waals surface area contributed by atoms with E-state index in [2.05, 4.69) is 76.2 Å². The fraction of sp³-hybridized carbons (Fsp3) is 0.971. The largest absolute Gasteiger partial charge is 0.495 e.